The summed E-state index contributed by atoms with van der Waals surface area (Å²) in [4.78, 5) is 0. The van der Waals surface area contributed by atoms with E-state index in [0.717, 1.165) is 51.7 Å². The summed E-state index contributed by atoms with van der Waals surface area (Å²) in [7, 11) is 0. The highest BCUT2D eigenvalue weighted by Gasteiger charge is 2.09. The Balaban J connectivity index is 3.79. The molecule has 0 amide bonds. The Labute approximate surface area is 162 Å². The standard InChI is InChI=1S/C22H44O4/c1-4-7-9-15-19-25-22(26-20-16-10-8-5-2)17-13-11-12-14-18-24-21-23-6-3/h14,18,22H,4-13,15-17,19-21H2,1-3H3. The van der Waals surface area contributed by atoms with Crippen molar-refractivity contribution in [1.82, 2.24) is 0 Å². The van der Waals surface area contributed by atoms with Crippen molar-refractivity contribution < 1.29 is 18.9 Å². The third kappa shape index (κ3) is 19.7. The van der Waals surface area contributed by atoms with Crippen LogP contribution in [0.2, 0.25) is 0 Å². The summed E-state index contributed by atoms with van der Waals surface area (Å²) in [5.41, 5.74) is 0. The van der Waals surface area contributed by atoms with E-state index in [1.807, 2.05) is 6.92 Å². The Kier molecular flexibility index (Phi) is 22.0. The zero-order chi connectivity index (χ0) is 19.1. The maximum atomic E-state index is 5.99. The van der Waals surface area contributed by atoms with Gasteiger partial charge >= 0.3 is 0 Å². The van der Waals surface area contributed by atoms with Crippen molar-refractivity contribution in [3.8, 4) is 0 Å². The molecule has 4 heteroatoms. The third-order valence-electron chi connectivity index (χ3n) is 4.21. The smallest absolute Gasteiger partial charge is 0.188 e. The molecule has 0 aliphatic rings. The van der Waals surface area contributed by atoms with Crippen LogP contribution in [0.4, 0.5) is 0 Å². The summed E-state index contributed by atoms with van der Waals surface area (Å²) < 4.78 is 22.3. The molecule has 0 spiro atoms. The highest BCUT2D eigenvalue weighted by molar-refractivity contribution is 4.72. The van der Waals surface area contributed by atoms with Gasteiger partial charge in [0.1, 0.15) is 0 Å². The number of hydrogen-bond acceptors (Lipinski definition) is 4. The van der Waals surface area contributed by atoms with Gasteiger partial charge < -0.3 is 18.9 Å². The van der Waals surface area contributed by atoms with Crippen molar-refractivity contribution in [1.29, 1.82) is 0 Å². The van der Waals surface area contributed by atoms with Gasteiger partial charge in [-0.05, 0) is 51.5 Å². The van der Waals surface area contributed by atoms with Crippen LogP contribution in [-0.2, 0) is 18.9 Å². The number of allylic oxidation sites excluding steroid dienone is 1. The monoisotopic (exact) mass is 372 g/mol. The molecule has 0 aromatic carbocycles. The van der Waals surface area contributed by atoms with E-state index in [1.54, 1.807) is 6.26 Å². The molecule has 0 bridgehead atoms. The first-order valence-electron chi connectivity index (χ1n) is 10.9. The van der Waals surface area contributed by atoms with Gasteiger partial charge in [0.05, 0.1) is 6.26 Å². The van der Waals surface area contributed by atoms with Crippen molar-refractivity contribution in [2.75, 3.05) is 26.6 Å². The van der Waals surface area contributed by atoms with E-state index < -0.39 is 0 Å². The van der Waals surface area contributed by atoms with Crippen LogP contribution in [0, 0.1) is 0 Å². The van der Waals surface area contributed by atoms with Crippen molar-refractivity contribution in [3.05, 3.63) is 12.3 Å². The zero-order valence-corrected chi connectivity index (χ0v) is 17.7. The van der Waals surface area contributed by atoms with Gasteiger partial charge in [-0.3, -0.25) is 0 Å². The quantitative estimate of drug-likeness (QED) is 0.129. The van der Waals surface area contributed by atoms with Crippen LogP contribution in [0.3, 0.4) is 0 Å². The Morgan fingerprint density at radius 1 is 0.731 bits per heavy atom. The second-order valence-corrected chi connectivity index (χ2v) is 6.73. The van der Waals surface area contributed by atoms with Crippen LogP contribution in [0.1, 0.15) is 97.8 Å². The van der Waals surface area contributed by atoms with Gasteiger partial charge in [0.15, 0.2) is 13.1 Å². The highest BCUT2D eigenvalue weighted by atomic mass is 16.7. The number of unbranched alkanes of at least 4 members (excludes halogenated alkanes) is 8. The fourth-order valence-electron chi connectivity index (χ4n) is 2.58. The third-order valence-corrected chi connectivity index (χ3v) is 4.21. The lowest BCUT2D eigenvalue weighted by atomic mass is 10.2. The fourth-order valence-corrected chi connectivity index (χ4v) is 2.58. The molecule has 0 saturated carbocycles. The van der Waals surface area contributed by atoms with Gasteiger partial charge in [-0.2, -0.15) is 0 Å². The Bertz CT molecular complexity index is 267. The molecule has 0 aromatic rings. The van der Waals surface area contributed by atoms with Crippen molar-refractivity contribution in [2.45, 2.75) is 104 Å². The van der Waals surface area contributed by atoms with Crippen molar-refractivity contribution in [2.24, 2.45) is 0 Å². The summed E-state index contributed by atoms with van der Waals surface area (Å²) in [5.74, 6) is 0. The SMILES string of the molecule is CCCCCCOC(CCCCC=COCOCC)OCCCCCC. The summed E-state index contributed by atoms with van der Waals surface area (Å²) in [5, 5.41) is 0. The first-order valence-corrected chi connectivity index (χ1v) is 10.9. The molecule has 0 aliphatic heterocycles. The van der Waals surface area contributed by atoms with E-state index >= 15 is 0 Å². The summed E-state index contributed by atoms with van der Waals surface area (Å²) in [6.07, 6.45) is 17.9. The van der Waals surface area contributed by atoms with E-state index in [1.165, 1.54) is 38.5 Å². The Hall–Kier alpha value is -0.580. The van der Waals surface area contributed by atoms with Gasteiger partial charge in [0.2, 0.25) is 0 Å². The predicted molar refractivity (Wildman–Crippen MR) is 109 cm³/mol. The lowest BCUT2D eigenvalue weighted by Crippen LogP contribution is -2.19. The normalized spacial score (nSPS) is 11.7. The average molecular weight is 373 g/mol. The van der Waals surface area contributed by atoms with E-state index in [-0.39, 0.29) is 6.29 Å². The summed E-state index contributed by atoms with van der Waals surface area (Å²) in [6, 6.07) is 0. The molecule has 156 valence electrons. The first kappa shape index (κ1) is 25.4. The molecule has 4 nitrogen and oxygen atoms in total. The maximum absolute atomic E-state index is 5.99. The minimum absolute atomic E-state index is 0.0311. The molecule has 0 fully saturated rings. The number of hydrogen-bond donors (Lipinski definition) is 0. The molecule has 0 saturated heterocycles. The van der Waals surface area contributed by atoms with Crippen LogP contribution in [0.25, 0.3) is 0 Å². The van der Waals surface area contributed by atoms with Crippen LogP contribution in [0.5, 0.6) is 0 Å². The first-order chi connectivity index (χ1) is 12.8. The minimum atomic E-state index is -0.0311. The van der Waals surface area contributed by atoms with Crippen LogP contribution in [-0.4, -0.2) is 32.9 Å². The molecular weight excluding hydrogens is 328 g/mol. The van der Waals surface area contributed by atoms with Crippen molar-refractivity contribution >= 4 is 0 Å². The van der Waals surface area contributed by atoms with Gasteiger partial charge in [0.25, 0.3) is 0 Å². The van der Waals surface area contributed by atoms with E-state index in [2.05, 4.69) is 19.9 Å². The zero-order valence-electron chi connectivity index (χ0n) is 17.7. The Morgan fingerprint density at radius 2 is 1.38 bits per heavy atom. The topological polar surface area (TPSA) is 36.9 Å². The van der Waals surface area contributed by atoms with Gasteiger partial charge in [0, 0.05) is 19.8 Å². The second-order valence-electron chi connectivity index (χ2n) is 6.73. The Morgan fingerprint density at radius 3 is 1.96 bits per heavy atom. The highest BCUT2D eigenvalue weighted by Crippen LogP contribution is 2.12. The lowest BCUT2D eigenvalue weighted by Gasteiger charge is -2.18. The molecule has 0 radical (unpaired) electrons. The molecule has 0 aliphatic carbocycles. The average Bonchev–Trinajstić information content (AvgIpc) is 2.65. The van der Waals surface area contributed by atoms with Gasteiger partial charge in [-0.25, -0.2) is 0 Å². The van der Waals surface area contributed by atoms with Crippen LogP contribution < -0.4 is 0 Å². The molecule has 0 aromatic heterocycles. The molecule has 0 unspecified atom stereocenters. The predicted octanol–water partition coefficient (Wildman–Crippen LogP) is 6.59. The van der Waals surface area contributed by atoms with Crippen LogP contribution in [0.15, 0.2) is 12.3 Å². The molecule has 0 atom stereocenters. The number of ether oxygens (including phenoxy) is 4. The molecule has 0 N–H and O–H groups in total. The lowest BCUT2D eigenvalue weighted by molar-refractivity contribution is -0.148. The molecule has 0 rings (SSSR count). The molecule has 26 heavy (non-hydrogen) atoms. The van der Waals surface area contributed by atoms with Crippen molar-refractivity contribution in [3.63, 3.8) is 0 Å². The van der Waals surface area contributed by atoms with E-state index in [0.29, 0.717) is 13.4 Å². The van der Waals surface area contributed by atoms with E-state index in [9.17, 15) is 0 Å². The molecular formula is C22H44O4. The minimum Gasteiger partial charge on any atom is -0.475 e. The summed E-state index contributed by atoms with van der Waals surface area (Å²) in [6.45, 7) is 9.11. The largest absolute Gasteiger partial charge is 0.475 e. The molecule has 0 heterocycles. The van der Waals surface area contributed by atoms with Gasteiger partial charge in [-0.15, -0.1) is 0 Å². The second kappa shape index (κ2) is 22.5. The summed E-state index contributed by atoms with van der Waals surface area (Å²) >= 11 is 0. The maximum Gasteiger partial charge on any atom is 0.188 e. The van der Waals surface area contributed by atoms with Gasteiger partial charge in [-0.1, -0.05) is 52.4 Å². The van der Waals surface area contributed by atoms with Crippen LogP contribution >= 0.6 is 0 Å². The van der Waals surface area contributed by atoms with E-state index in [4.69, 9.17) is 18.9 Å². The fraction of sp³-hybridized carbons (Fsp3) is 0.909. The number of rotatable bonds is 21.